The molecule has 2 N–H and O–H groups in total. The van der Waals surface area contributed by atoms with Crippen LogP contribution in [0.3, 0.4) is 0 Å². The molecule has 1 aromatic heterocycles. The standard InChI is InChI=1S/C14H16N2O3/c1-18-10-14(17)16-13-4-2-12(3-5-13)15-8-11-6-7-19-9-11/h2-7,9,15H,8,10H2,1H3,(H,16,17). The van der Waals surface area contributed by atoms with Crippen molar-refractivity contribution in [1.82, 2.24) is 0 Å². The Bertz CT molecular complexity index is 506. The molecule has 0 aliphatic heterocycles. The summed E-state index contributed by atoms with van der Waals surface area (Å²) in [6.45, 7) is 0.756. The Labute approximate surface area is 111 Å². The molecule has 2 aromatic rings. The summed E-state index contributed by atoms with van der Waals surface area (Å²) in [4.78, 5) is 11.3. The fourth-order valence-electron chi connectivity index (χ4n) is 1.60. The molecule has 0 aliphatic carbocycles. The average molecular weight is 260 g/mol. The minimum atomic E-state index is -0.165. The molecule has 0 bridgehead atoms. The lowest BCUT2D eigenvalue weighted by molar-refractivity contribution is -0.119. The first kappa shape index (κ1) is 13.2. The summed E-state index contributed by atoms with van der Waals surface area (Å²) in [7, 11) is 1.49. The largest absolute Gasteiger partial charge is 0.472 e. The highest BCUT2D eigenvalue weighted by Gasteiger charge is 2.01. The van der Waals surface area contributed by atoms with E-state index in [1.807, 2.05) is 30.3 Å². The van der Waals surface area contributed by atoms with E-state index < -0.39 is 0 Å². The molecule has 0 unspecified atom stereocenters. The van der Waals surface area contributed by atoms with Crippen LogP contribution in [0.4, 0.5) is 11.4 Å². The lowest BCUT2D eigenvalue weighted by Gasteiger charge is -2.07. The second-order valence-electron chi connectivity index (χ2n) is 4.04. The molecule has 1 amide bonds. The molecule has 5 heteroatoms. The first-order valence-corrected chi connectivity index (χ1v) is 5.92. The Morgan fingerprint density at radius 3 is 2.58 bits per heavy atom. The molecule has 0 saturated carbocycles. The van der Waals surface area contributed by atoms with Gasteiger partial charge in [0.25, 0.3) is 0 Å². The van der Waals surface area contributed by atoms with E-state index >= 15 is 0 Å². The van der Waals surface area contributed by atoms with Gasteiger partial charge in [-0.2, -0.15) is 0 Å². The van der Waals surface area contributed by atoms with Gasteiger partial charge in [0.2, 0.25) is 5.91 Å². The third-order valence-electron chi connectivity index (χ3n) is 2.52. The van der Waals surface area contributed by atoms with Crippen LogP contribution in [0.2, 0.25) is 0 Å². The summed E-state index contributed by atoms with van der Waals surface area (Å²) in [5, 5.41) is 5.99. The van der Waals surface area contributed by atoms with Gasteiger partial charge >= 0.3 is 0 Å². The normalized spacial score (nSPS) is 10.2. The first-order valence-electron chi connectivity index (χ1n) is 5.92. The van der Waals surface area contributed by atoms with E-state index in [2.05, 4.69) is 10.6 Å². The third-order valence-corrected chi connectivity index (χ3v) is 2.52. The Hall–Kier alpha value is -2.27. The van der Waals surface area contributed by atoms with Crippen LogP contribution in [0.1, 0.15) is 5.56 Å². The van der Waals surface area contributed by atoms with Crippen molar-refractivity contribution in [3.63, 3.8) is 0 Å². The molecule has 0 spiro atoms. The zero-order chi connectivity index (χ0) is 13.5. The van der Waals surface area contributed by atoms with Crippen molar-refractivity contribution in [3.05, 3.63) is 48.4 Å². The van der Waals surface area contributed by atoms with Crippen molar-refractivity contribution in [2.45, 2.75) is 6.54 Å². The lowest BCUT2D eigenvalue weighted by atomic mass is 10.2. The Morgan fingerprint density at radius 1 is 1.21 bits per heavy atom. The molecule has 1 heterocycles. The van der Waals surface area contributed by atoms with Gasteiger partial charge in [-0.3, -0.25) is 4.79 Å². The maximum atomic E-state index is 11.3. The van der Waals surface area contributed by atoms with E-state index in [1.165, 1.54) is 7.11 Å². The van der Waals surface area contributed by atoms with Crippen LogP contribution in [0.25, 0.3) is 0 Å². The molecule has 0 saturated heterocycles. The van der Waals surface area contributed by atoms with Gasteiger partial charge in [0.15, 0.2) is 0 Å². The Balaban J connectivity index is 1.85. The highest BCUT2D eigenvalue weighted by molar-refractivity contribution is 5.91. The molecule has 100 valence electrons. The summed E-state index contributed by atoms with van der Waals surface area (Å²) in [5.74, 6) is -0.165. The van der Waals surface area contributed by atoms with E-state index in [9.17, 15) is 4.79 Å². The van der Waals surface area contributed by atoms with Crippen LogP contribution < -0.4 is 10.6 Å². The van der Waals surface area contributed by atoms with Gasteiger partial charge in [-0.05, 0) is 30.3 Å². The van der Waals surface area contributed by atoms with Crippen molar-refractivity contribution in [3.8, 4) is 0 Å². The molecular formula is C14H16N2O3. The van der Waals surface area contributed by atoms with Crippen LogP contribution in [0, 0.1) is 0 Å². The Morgan fingerprint density at radius 2 is 1.95 bits per heavy atom. The highest BCUT2D eigenvalue weighted by atomic mass is 16.5. The zero-order valence-electron chi connectivity index (χ0n) is 10.7. The summed E-state index contributed by atoms with van der Waals surface area (Å²) in [6.07, 6.45) is 3.35. The maximum absolute atomic E-state index is 11.3. The predicted molar refractivity (Wildman–Crippen MR) is 73.0 cm³/mol. The molecule has 5 nitrogen and oxygen atoms in total. The molecule has 19 heavy (non-hydrogen) atoms. The molecule has 1 aromatic carbocycles. The molecular weight excluding hydrogens is 244 g/mol. The summed E-state index contributed by atoms with van der Waals surface area (Å²) in [5.41, 5.74) is 2.80. The first-order chi connectivity index (χ1) is 9.28. The van der Waals surface area contributed by atoms with E-state index in [-0.39, 0.29) is 12.5 Å². The predicted octanol–water partition coefficient (Wildman–Crippen LogP) is 2.48. The SMILES string of the molecule is COCC(=O)Nc1ccc(NCc2ccoc2)cc1. The molecule has 0 aliphatic rings. The fourth-order valence-corrected chi connectivity index (χ4v) is 1.60. The van der Waals surface area contributed by atoms with Gasteiger partial charge in [-0.1, -0.05) is 0 Å². The number of carbonyl (C=O) groups excluding carboxylic acids is 1. The molecule has 2 rings (SSSR count). The van der Waals surface area contributed by atoms with E-state index in [0.717, 1.165) is 16.9 Å². The van der Waals surface area contributed by atoms with Gasteiger partial charge < -0.3 is 19.8 Å². The van der Waals surface area contributed by atoms with E-state index in [4.69, 9.17) is 9.15 Å². The number of amides is 1. The number of hydrogen-bond donors (Lipinski definition) is 2. The fraction of sp³-hybridized carbons (Fsp3) is 0.214. The zero-order valence-corrected chi connectivity index (χ0v) is 10.7. The number of furan rings is 1. The summed E-state index contributed by atoms with van der Waals surface area (Å²) < 4.78 is 9.74. The number of methoxy groups -OCH3 is 1. The summed E-state index contributed by atoms with van der Waals surface area (Å²) in [6, 6.07) is 9.40. The number of carbonyl (C=O) groups is 1. The Kier molecular flexibility index (Phi) is 4.58. The second kappa shape index (κ2) is 6.61. The van der Waals surface area contributed by atoms with Crippen LogP contribution in [-0.4, -0.2) is 19.6 Å². The van der Waals surface area contributed by atoms with Crippen molar-refractivity contribution in [1.29, 1.82) is 0 Å². The molecule has 0 atom stereocenters. The molecule has 0 fully saturated rings. The maximum Gasteiger partial charge on any atom is 0.250 e. The van der Waals surface area contributed by atoms with Gasteiger partial charge in [0.05, 0.1) is 12.5 Å². The van der Waals surface area contributed by atoms with Gasteiger partial charge in [0, 0.05) is 30.6 Å². The van der Waals surface area contributed by atoms with Crippen LogP contribution >= 0.6 is 0 Å². The van der Waals surface area contributed by atoms with Crippen molar-refractivity contribution < 1.29 is 13.9 Å². The number of benzene rings is 1. The summed E-state index contributed by atoms with van der Waals surface area (Å²) >= 11 is 0. The third kappa shape index (κ3) is 4.15. The van der Waals surface area contributed by atoms with Crippen LogP contribution in [0.5, 0.6) is 0 Å². The number of anilines is 2. The smallest absolute Gasteiger partial charge is 0.250 e. The number of ether oxygens (including phenoxy) is 1. The van der Waals surface area contributed by atoms with Gasteiger partial charge in [-0.25, -0.2) is 0 Å². The van der Waals surface area contributed by atoms with Crippen LogP contribution in [0.15, 0.2) is 47.3 Å². The van der Waals surface area contributed by atoms with Crippen LogP contribution in [-0.2, 0) is 16.1 Å². The number of rotatable bonds is 6. The topological polar surface area (TPSA) is 63.5 Å². The quantitative estimate of drug-likeness (QED) is 0.837. The number of nitrogens with one attached hydrogen (secondary N) is 2. The van der Waals surface area contributed by atoms with E-state index in [0.29, 0.717) is 6.54 Å². The van der Waals surface area contributed by atoms with E-state index in [1.54, 1.807) is 12.5 Å². The second-order valence-corrected chi connectivity index (χ2v) is 4.04. The minimum Gasteiger partial charge on any atom is -0.472 e. The number of hydrogen-bond acceptors (Lipinski definition) is 4. The highest BCUT2D eigenvalue weighted by Crippen LogP contribution is 2.14. The van der Waals surface area contributed by atoms with Gasteiger partial charge in [0.1, 0.15) is 6.61 Å². The lowest BCUT2D eigenvalue weighted by Crippen LogP contribution is -2.16. The van der Waals surface area contributed by atoms with Crippen molar-refractivity contribution in [2.75, 3.05) is 24.4 Å². The van der Waals surface area contributed by atoms with Gasteiger partial charge in [-0.15, -0.1) is 0 Å². The monoisotopic (exact) mass is 260 g/mol. The molecule has 0 radical (unpaired) electrons. The average Bonchev–Trinajstić information content (AvgIpc) is 2.91. The van der Waals surface area contributed by atoms with Crippen molar-refractivity contribution >= 4 is 17.3 Å². The minimum absolute atomic E-state index is 0.0560. The van der Waals surface area contributed by atoms with Crippen molar-refractivity contribution in [2.24, 2.45) is 0 Å².